The van der Waals surface area contributed by atoms with Gasteiger partial charge in [0.15, 0.2) is 0 Å². The lowest BCUT2D eigenvalue weighted by Crippen LogP contribution is -2.40. The Labute approximate surface area is 74.3 Å². The Bertz CT molecular complexity index is 181. The van der Waals surface area contributed by atoms with E-state index in [1.807, 2.05) is 0 Å². The van der Waals surface area contributed by atoms with E-state index in [1.165, 1.54) is 12.8 Å². The Hall–Kier alpha value is -0.570. The molecule has 0 bridgehead atoms. The zero-order valence-electron chi connectivity index (χ0n) is 8.25. The van der Waals surface area contributed by atoms with E-state index < -0.39 is 0 Å². The van der Waals surface area contributed by atoms with Crippen molar-refractivity contribution < 1.29 is 9.69 Å². The second kappa shape index (κ2) is 3.44. The van der Waals surface area contributed by atoms with Crippen LogP contribution in [0.3, 0.4) is 0 Å². The summed E-state index contributed by atoms with van der Waals surface area (Å²) in [5.74, 6) is 0.509. The smallest absolute Gasteiger partial charge is 0.0863 e. The summed E-state index contributed by atoms with van der Waals surface area (Å²) in [6.07, 6.45) is 3.36. The van der Waals surface area contributed by atoms with Gasteiger partial charge in [0.2, 0.25) is 0 Å². The van der Waals surface area contributed by atoms with E-state index in [4.69, 9.17) is 5.21 Å². The van der Waals surface area contributed by atoms with E-state index in [9.17, 15) is 0 Å². The topological polar surface area (TPSA) is 32.6 Å². The molecule has 0 aromatic carbocycles. The third kappa shape index (κ3) is 2.48. The largest absolute Gasteiger partial charge is 0.411 e. The van der Waals surface area contributed by atoms with Gasteiger partial charge >= 0.3 is 0 Å². The molecule has 1 rings (SSSR count). The quantitative estimate of drug-likeness (QED) is 0.379. The Kier molecular flexibility index (Phi) is 2.73. The third-order valence-electron chi connectivity index (χ3n) is 2.35. The van der Waals surface area contributed by atoms with Gasteiger partial charge in [-0.15, -0.1) is 0 Å². The van der Waals surface area contributed by atoms with Crippen LogP contribution in [0.4, 0.5) is 0 Å². The monoisotopic (exact) mass is 171 g/mol. The van der Waals surface area contributed by atoms with Gasteiger partial charge in [-0.1, -0.05) is 5.16 Å². The molecule has 1 fully saturated rings. The molecule has 3 nitrogen and oxygen atoms in total. The van der Waals surface area contributed by atoms with Gasteiger partial charge in [0.1, 0.15) is 0 Å². The third-order valence-corrected chi connectivity index (χ3v) is 2.35. The van der Waals surface area contributed by atoms with E-state index in [-0.39, 0.29) is 0 Å². The van der Waals surface area contributed by atoms with Crippen molar-refractivity contribution in [1.82, 2.24) is 0 Å². The zero-order valence-corrected chi connectivity index (χ0v) is 8.25. The van der Waals surface area contributed by atoms with Gasteiger partial charge in [-0.2, -0.15) is 0 Å². The SMILES string of the molecule is C[N+](C)(C)C[C@H]1CCC/C1=N\O. The highest BCUT2D eigenvalue weighted by atomic mass is 16.4. The summed E-state index contributed by atoms with van der Waals surface area (Å²) in [5, 5.41) is 12.1. The molecule has 1 N–H and O–H groups in total. The molecule has 0 saturated heterocycles. The molecule has 0 spiro atoms. The molecule has 12 heavy (non-hydrogen) atoms. The maximum absolute atomic E-state index is 8.71. The molecule has 0 aromatic heterocycles. The molecule has 1 atom stereocenters. The van der Waals surface area contributed by atoms with Crippen molar-refractivity contribution in [3.8, 4) is 0 Å². The number of hydrogen-bond donors (Lipinski definition) is 1. The van der Waals surface area contributed by atoms with Crippen LogP contribution in [0.1, 0.15) is 19.3 Å². The van der Waals surface area contributed by atoms with Crippen LogP contribution in [0.15, 0.2) is 5.16 Å². The van der Waals surface area contributed by atoms with Crippen molar-refractivity contribution in [3.05, 3.63) is 0 Å². The second-order valence-electron chi connectivity index (χ2n) is 4.65. The van der Waals surface area contributed by atoms with Gasteiger partial charge in [-0.3, -0.25) is 0 Å². The van der Waals surface area contributed by atoms with Crippen molar-refractivity contribution >= 4 is 5.71 Å². The molecule has 1 aliphatic carbocycles. The van der Waals surface area contributed by atoms with Crippen LogP contribution in [0.25, 0.3) is 0 Å². The number of oxime groups is 1. The average Bonchev–Trinajstić information content (AvgIpc) is 2.31. The molecule has 0 heterocycles. The van der Waals surface area contributed by atoms with Gasteiger partial charge < -0.3 is 9.69 Å². The lowest BCUT2D eigenvalue weighted by Gasteiger charge is -2.27. The fraction of sp³-hybridized carbons (Fsp3) is 0.889. The van der Waals surface area contributed by atoms with Crippen LogP contribution in [0.5, 0.6) is 0 Å². The van der Waals surface area contributed by atoms with Gasteiger partial charge in [-0.05, 0) is 19.3 Å². The highest BCUT2D eigenvalue weighted by Crippen LogP contribution is 2.24. The van der Waals surface area contributed by atoms with Crippen LogP contribution in [0, 0.1) is 5.92 Å². The minimum absolute atomic E-state index is 0.509. The van der Waals surface area contributed by atoms with Gasteiger partial charge in [0, 0.05) is 5.92 Å². The first-order valence-electron chi connectivity index (χ1n) is 4.54. The Morgan fingerprint density at radius 1 is 1.50 bits per heavy atom. The summed E-state index contributed by atoms with van der Waals surface area (Å²) in [5.41, 5.74) is 1.00. The van der Waals surface area contributed by atoms with Crippen LogP contribution < -0.4 is 0 Å². The maximum atomic E-state index is 8.71. The Morgan fingerprint density at radius 2 is 2.17 bits per heavy atom. The Morgan fingerprint density at radius 3 is 2.67 bits per heavy atom. The predicted octanol–water partition coefficient (Wildman–Crippen LogP) is 1.32. The molecule has 0 unspecified atom stereocenters. The minimum Gasteiger partial charge on any atom is -0.411 e. The number of hydrogen-bond acceptors (Lipinski definition) is 2. The molecule has 0 radical (unpaired) electrons. The van der Waals surface area contributed by atoms with Crippen LogP contribution in [0.2, 0.25) is 0 Å². The van der Waals surface area contributed by atoms with E-state index in [0.717, 1.165) is 23.2 Å². The summed E-state index contributed by atoms with van der Waals surface area (Å²) < 4.78 is 0.948. The van der Waals surface area contributed by atoms with Crippen LogP contribution >= 0.6 is 0 Å². The van der Waals surface area contributed by atoms with Gasteiger partial charge in [-0.25, -0.2) is 0 Å². The molecule has 1 aliphatic rings. The van der Waals surface area contributed by atoms with Gasteiger partial charge in [0.25, 0.3) is 0 Å². The van der Waals surface area contributed by atoms with Crippen LogP contribution in [-0.2, 0) is 0 Å². The van der Waals surface area contributed by atoms with Crippen molar-refractivity contribution in [2.24, 2.45) is 11.1 Å². The van der Waals surface area contributed by atoms with E-state index in [0.29, 0.717) is 5.92 Å². The molecule has 0 aromatic rings. The lowest BCUT2D eigenvalue weighted by molar-refractivity contribution is -0.872. The molecule has 70 valence electrons. The first-order chi connectivity index (χ1) is 5.53. The fourth-order valence-electron chi connectivity index (χ4n) is 1.89. The summed E-state index contributed by atoms with van der Waals surface area (Å²) in [4.78, 5) is 0. The zero-order chi connectivity index (χ0) is 9.19. The summed E-state index contributed by atoms with van der Waals surface area (Å²) in [7, 11) is 6.52. The highest BCUT2D eigenvalue weighted by molar-refractivity contribution is 5.88. The first kappa shape index (κ1) is 9.52. The standard InChI is InChI=1S/C9H18N2O/c1-11(2,3)7-8-5-4-6-9(8)10-12/h8H,4-7H2,1-3H3/p+1/b10-9+/t8-/m1/s1. The fourth-order valence-corrected chi connectivity index (χ4v) is 1.89. The summed E-state index contributed by atoms with van der Waals surface area (Å²) >= 11 is 0. The van der Waals surface area contributed by atoms with E-state index >= 15 is 0 Å². The van der Waals surface area contributed by atoms with Crippen molar-refractivity contribution in [3.63, 3.8) is 0 Å². The van der Waals surface area contributed by atoms with Gasteiger partial charge in [0.05, 0.1) is 33.4 Å². The molecule has 1 saturated carbocycles. The second-order valence-corrected chi connectivity index (χ2v) is 4.65. The van der Waals surface area contributed by atoms with Crippen LogP contribution in [-0.4, -0.2) is 43.1 Å². The van der Waals surface area contributed by atoms with E-state index in [1.54, 1.807) is 0 Å². The van der Waals surface area contributed by atoms with Crippen molar-refractivity contribution in [2.45, 2.75) is 19.3 Å². The highest BCUT2D eigenvalue weighted by Gasteiger charge is 2.28. The molecule has 0 aliphatic heterocycles. The summed E-state index contributed by atoms with van der Waals surface area (Å²) in [6, 6.07) is 0. The lowest BCUT2D eigenvalue weighted by atomic mass is 10.1. The average molecular weight is 171 g/mol. The molecule has 0 amide bonds. The van der Waals surface area contributed by atoms with Crippen molar-refractivity contribution in [1.29, 1.82) is 0 Å². The minimum atomic E-state index is 0.509. The van der Waals surface area contributed by atoms with E-state index in [2.05, 4.69) is 26.3 Å². The predicted molar refractivity (Wildman–Crippen MR) is 49.5 cm³/mol. The Balaban J connectivity index is 2.52. The number of rotatable bonds is 2. The molecular weight excluding hydrogens is 152 g/mol. The molecular formula is C9H19N2O+. The first-order valence-corrected chi connectivity index (χ1v) is 4.54. The van der Waals surface area contributed by atoms with Crippen molar-refractivity contribution in [2.75, 3.05) is 27.7 Å². The molecule has 3 heteroatoms. The normalized spacial score (nSPS) is 28.2. The maximum Gasteiger partial charge on any atom is 0.0863 e. The number of quaternary nitrogens is 1. The summed E-state index contributed by atoms with van der Waals surface area (Å²) in [6.45, 7) is 1.08. The number of nitrogens with zero attached hydrogens (tertiary/aromatic N) is 2.